The maximum Gasteiger partial charge on any atom is 0.220 e. The predicted octanol–water partition coefficient (Wildman–Crippen LogP) is 2.76. The summed E-state index contributed by atoms with van der Waals surface area (Å²) < 4.78 is 0. The monoisotopic (exact) mass is 333 g/mol. The lowest BCUT2D eigenvalue weighted by Crippen LogP contribution is -2.37. The number of nitrogens with one attached hydrogen (secondary N) is 1. The summed E-state index contributed by atoms with van der Waals surface area (Å²) in [6.45, 7) is 2.50. The molecular formula is C15H25Cl2N3O. The molecule has 1 saturated carbocycles. The van der Waals surface area contributed by atoms with E-state index in [0.717, 1.165) is 24.1 Å². The molecule has 1 aromatic heterocycles. The van der Waals surface area contributed by atoms with E-state index in [0.29, 0.717) is 18.9 Å². The largest absolute Gasteiger partial charge is 0.352 e. The van der Waals surface area contributed by atoms with Crippen LogP contribution in [0.4, 0.5) is 0 Å². The SMILES string of the molecule is Cc1ccc(CNC(=O)CC2CCCCC2N)cn1.Cl.Cl. The first-order chi connectivity index (χ1) is 9.15. The zero-order chi connectivity index (χ0) is 13.7. The van der Waals surface area contributed by atoms with Gasteiger partial charge in [-0.25, -0.2) is 0 Å². The van der Waals surface area contributed by atoms with Gasteiger partial charge in [-0.3, -0.25) is 9.78 Å². The lowest BCUT2D eigenvalue weighted by atomic mass is 9.83. The van der Waals surface area contributed by atoms with Gasteiger partial charge in [-0.15, -0.1) is 24.8 Å². The number of nitrogens with zero attached hydrogens (tertiary/aromatic N) is 1. The molecule has 21 heavy (non-hydrogen) atoms. The van der Waals surface area contributed by atoms with Gasteiger partial charge in [0.1, 0.15) is 0 Å². The van der Waals surface area contributed by atoms with Crippen molar-refractivity contribution in [2.45, 2.75) is 51.6 Å². The van der Waals surface area contributed by atoms with Crippen LogP contribution >= 0.6 is 24.8 Å². The van der Waals surface area contributed by atoms with Crippen LogP contribution in [0.5, 0.6) is 0 Å². The zero-order valence-corrected chi connectivity index (χ0v) is 14.0. The molecule has 1 amide bonds. The average Bonchev–Trinajstić information content (AvgIpc) is 2.41. The van der Waals surface area contributed by atoms with Crippen molar-refractivity contribution in [3.05, 3.63) is 29.6 Å². The number of aryl methyl sites for hydroxylation is 1. The molecule has 0 radical (unpaired) electrons. The molecule has 2 unspecified atom stereocenters. The number of carbonyl (C=O) groups is 1. The van der Waals surface area contributed by atoms with Crippen LogP contribution in [0, 0.1) is 12.8 Å². The average molecular weight is 334 g/mol. The van der Waals surface area contributed by atoms with E-state index in [1.54, 1.807) is 0 Å². The minimum absolute atomic E-state index is 0. The molecule has 1 aliphatic rings. The number of pyridine rings is 1. The van der Waals surface area contributed by atoms with Crippen molar-refractivity contribution in [3.63, 3.8) is 0 Å². The van der Waals surface area contributed by atoms with E-state index in [2.05, 4.69) is 10.3 Å². The first kappa shape index (κ1) is 20.2. The summed E-state index contributed by atoms with van der Waals surface area (Å²) >= 11 is 0. The van der Waals surface area contributed by atoms with E-state index in [1.165, 1.54) is 12.8 Å². The highest BCUT2D eigenvalue weighted by Gasteiger charge is 2.23. The Morgan fingerprint density at radius 2 is 2.05 bits per heavy atom. The van der Waals surface area contributed by atoms with Crippen LogP contribution in [0.15, 0.2) is 18.3 Å². The third kappa shape index (κ3) is 6.64. The number of halogens is 2. The lowest BCUT2D eigenvalue weighted by molar-refractivity contribution is -0.122. The summed E-state index contributed by atoms with van der Waals surface area (Å²) in [5, 5.41) is 2.95. The molecule has 0 aliphatic heterocycles. The molecule has 4 nitrogen and oxygen atoms in total. The molecule has 6 heteroatoms. The lowest BCUT2D eigenvalue weighted by Gasteiger charge is -2.27. The van der Waals surface area contributed by atoms with Gasteiger partial charge in [0.25, 0.3) is 0 Å². The number of amides is 1. The van der Waals surface area contributed by atoms with Crippen LogP contribution in [-0.2, 0) is 11.3 Å². The van der Waals surface area contributed by atoms with Gasteiger partial charge in [0, 0.05) is 30.9 Å². The Labute approximate surface area is 139 Å². The van der Waals surface area contributed by atoms with Gasteiger partial charge in [0.15, 0.2) is 0 Å². The van der Waals surface area contributed by atoms with Gasteiger partial charge in [-0.1, -0.05) is 18.9 Å². The van der Waals surface area contributed by atoms with Gasteiger partial charge < -0.3 is 11.1 Å². The van der Waals surface area contributed by atoms with E-state index in [-0.39, 0.29) is 36.8 Å². The van der Waals surface area contributed by atoms with Crippen LogP contribution in [0.25, 0.3) is 0 Å². The number of nitrogens with two attached hydrogens (primary N) is 1. The fourth-order valence-corrected chi connectivity index (χ4v) is 2.60. The van der Waals surface area contributed by atoms with Gasteiger partial charge in [0.05, 0.1) is 0 Å². The predicted molar refractivity (Wildman–Crippen MR) is 89.9 cm³/mol. The van der Waals surface area contributed by atoms with Crippen molar-refractivity contribution < 1.29 is 4.79 Å². The normalized spacial score (nSPS) is 20.9. The first-order valence-corrected chi connectivity index (χ1v) is 7.09. The molecule has 1 heterocycles. The van der Waals surface area contributed by atoms with Gasteiger partial charge in [-0.05, 0) is 37.3 Å². The summed E-state index contributed by atoms with van der Waals surface area (Å²) in [6.07, 6.45) is 6.91. The fraction of sp³-hybridized carbons (Fsp3) is 0.600. The highest BCUT2D eigenvalue weighted by Crippen LogP contribution is 2.25. The van der Waals surface area contributed by atoms with Crippen molar-refractivity contribution in [2.24, 2.45) is 11.7 Å². The maximum absolute atomic E-state index is 11.9. The van der Waals surface area contributed by atoms with Crippen LogP contribution < -0.4 is 11.1 Å². The molecule has 1 fully saturated rings. The smallest absolute Gasteiger partial charge is 0.220 e. The molecule has 1 aliphatic carbocycles. The molecule has 0 bridgehead atoms. The Balaban J connectivity index is 0.00000200. The Kier molecular flexibility index (Phi) is 9.58. The standard InChI is InChI=1S/C15H23N3O.2ClH/c1-11-6-7-12(9-17-11)10-18-15(19)8-13-4-2-3-5-14(13)16;;/h6-7,9,13-14H,2-5,8,10,16H2,1H3,(H,18,19);2*1H. The summed E-state index contributed by atoms with van der Waals surface area (Å²) in [4.78, 5) is 16.1. The Morgan fingerprint density at radius 3 is 2.67 bits per heavy atom. The van der Waals surface area contributed by atoms with E-state index >= 15 is 0 Å². The van der Waals surface area contributed by atoms with E-state index in [4.69, 9.17) is 5.73 Å². The first-order valence-electron chi connectivity index (χ1n) is 7.09. The Bertz CT molecular complexity index is 425. The molecule has 120 valence electrons. The van der Waals surface area contributed by atoms with Crippen LogP contribution in [-0.4, -0.2) is 16.9 Å². The minimum atomic E-state index is 0. The topological polar surface area (TPSA) is 68.0 Å². The Hall–Kier alpha value is -0.840. The van der Waals surface area contributed by atoms with Crippen molar-refractivity contribution >= 4 is 30.7 Å². The number of hydrogen-bond acceptors (Lipinski definition) is 3. The minimum Gasteiger partial charge on any atom is -0.352 e. The van der Waals surface area contributed by atoms with Crippen LogP contribution in [0.2, 0.25) is 0 Å². The molecule has 2 rings (SSSR count). The molecule has 0 aromatic carbocycles. The number of rotatable bonds is 4. The van der Waals surface area contributed by atoms with Gasteiger partial charge in [0.2, 0.25) is 5.91 Å². The van der Waals surface area contributed by atoms with Gasteiger partial charge >= 0.3 is 0 Å². The molecule has 1 aromatic rings. The maximum atomic E-state index is 11.9. The van der Waals surface area contributed by atoms with Crippen molar-refractivity contribution in [3.8, 4) is 0 Å². The second kappa shape index (κ2) is 9.98. The summed E-state index contributed by atoms with van der Waals surface area (Å²) in [6, 6.07) is 4.15. The second-order valence-electron chi connectivity index (χ2n) is 5.50. The second-order valence-corrected chi connectivity index (χ2v) is 5.50. The molecule has 0 saturated heterocycles. The Morgan fingerprint density at radius 1 is 1.33 bits per heavy atom. The summed E-state index contributed by atoms with van der Waals surface area (Å²) in [7, 11) is 0. The fourth-order valence-electron chi connectivity index (χ4n) is 2.60. The third-order valence-corrected chi connectivity index (χ3v) is 3.88. The summed E-state index contributed by atoms with van der Waals surface area (Å²) in [5.41, 5.74) is 8.08. The quantitative estimate of drug-likeness (QED) is 0.890. The van der Waals surface area contributed by atoms with Crippen molar-refractivity contribution in [2.75, 3.05) is 0 Å². The van der Waals surface area contributed by atoms with Crippen molar-refractivity contribution in [1.82, 2.24) is 10.3 Å². The molecule has 2 atom stereocenters. The number of aromatic nitrogens is 1. The zero-order valence-electron chi connectivity index (χ0n) is 12.4. The van der Waals surface area contributed by atoms with Crippen LogP contribution in [0.3, 0.4) is 0 Å². The van der Waals surface area contributed by atoms with E-state index < -0.39 is 0 Å². The summed E-state index contributed by atoms with van der Waals surface area (Å²) in [5.74, 6) is 0.452. The highest BCUT2D eigenvalue weighted by atomic mass is 35.5. The van der Waals surface area contributed by atoms with Crippen LogP contribution in [0.1, 0.15) is 43.4 Å². The van der Waals surface area contributed by atoms with E-state index in [1.807, 2.05) is 25.3 Å². The highest BCUT2D eigenvalue weighted by molar-refractivity contribution is 5.85. The number of hydrogen-bond donors (Lipinski definition) is 2. The molecular weight excluding hydrogens is 309 g/mol. The van der Waals surface area contributed by atoms with E-state index in [9.17, 15) is 4.79 Å². The third-order valence-electron chi connectivity index (χ3n) is 3.88. The molecule has 0 spiro atoms. The van der Waals surface area contributed by atoms with Crippen molar-refractivity contribution in [1.29, 1.82) is 0 Å². The van der Waals surface area contributed by atoms with Gasteiger partial charge in [-0.2, -0.15) is 0 Å². The number of carbonyl (C=O) groups excluding carboxylic acids is 1. The molecule has 3 N–H and O–H groups in total.